The van der Waals surface area contributed by atoms with E-state index in [0.717, 1.165) is 0 Å². The second kappa shape index (κ2) is 6.87. The molecule has 2 amide bonds. The van der Waals surface area contributed by atoms with Gasteiger partial charge in [-0.05, 0) is 26.3 Å². The standard InChI is InChI=1S/C13H19FN4O3/c1-13(2,3)17-11(19)10-6-16-18(8-10)7-9(4-14)5-15-12(20)21/h4,6,8,15H,5,7H2,1-3H3,(H,17,19)(H,20,21)/b9-4+. The van der Waals surface area contributed by atoms with Crippen LogP contribution in [-0.2, 0) is 6.54 Å². The van der Waals surface area contributed by atoms with E-state index in [9.17, 15) is 14.0 Å². The predicted molar refractivity (Wildman–Crippen MR) is 74.7 cm³/mol. The van der Waals surface area contributed by atoms with E-state index in [1.54, 1.807) is 0 Å². The number of amides is 2. The fourth-order valence-electron chi connectivity index (χ4n) is 1.51. The van der Waals surface area contributed by atoms with Gasteiger partial charge in [0.15, 0.2) is 0 Å². The molecule has 0 fully saturated rings. The van der Waals surface area contributed by atoms with Crippen LogP contribution in [0.4, 0.5) is 9.18 Å². The van der Waals surface area contributed by atoms with Crippen molar-refractivity contribution in [2.45, 2.75) is 32.9 Å². The first-order valence-corrected chi connectivity index (χ1v) is 6.31. The number of nitrogens with zero attached hydrogens (tertiary/aromatic N) is 2. The van der Waals surface area contributed by atoms with E-state index in [-0.39, 0.29) is 30.1 Å². The summed E-state index contributed by atoms with van der Waals surface area (Å²) < 4.78 is 14.0. The van der Waals surface area contributed by atoms with E-state index in [1.807, 2.05) is 20.8 Å². The van der Waals surface area contributed by atoms with Crippen LogP contribution >= 0.6 is 0 Å². The van der Waals surface area contributed by atoms with E-state index in [4.69, 9.17) is 5.11 Å². The smallest absolute Gasteiger partial charge is 0.404 e. The Balaban J connectivity index is 2.66. The number of aromatic nitrogens is 2. The van der Waals surface area contributed by atoms with Crippen molar-refractivity contribution in [1.29, 1.82) is 0 Å². The van der Waals surface area contributed by atoms with Crippen LogP contribution in [0.2, 0.25) is 0 Å². The van der Waals surface area contributed by atoms with Gasteiger partial charge in [-0.15, -0.1) is 0 Å². The molecule has 0 aliphatic rings. The summed E-state index contributed by atoms with van der Waals surface area (Å²) >= 11 is 0. The van der Waals surface area contributed by atoms with Gasteiger partial charge in [0.25, 0.3) is 5.91 Å². The number of hydrogen-bond donors (Lipinski definition) is 3. The Kier molecular flexibility index (Phi) is 5.45. The Labute approximate surface area is 121 Å². The van der Waals surface area contributed by atoms with Crippen LogP contribution in [0.5, 0.6) is 0 Å². The maximum absolute atomic E-state index is 12.7. The minimum absolute atomic E-state index is 0.0551. The molecule has 1 aromatic heterocycles. The summed E-state index contributed by atoms with van der Waals surface area (Å²) in [5.41, 5.74) is 0.187. The van der Waals surface area contributed by atoms with Crippen LogP contribution in [0.25, 0.3) is 0 Å². The number of rotatable bonds is 5. The molecule has 0 radical (unpaired) electrons. The minimum atomic E-state index is -1.24. The topological polar surface area (TPSA) is 96.3 Å². The molecule has 3 N–H and O–H groups in total. The van der Waals surface area contributed by atoms with E-state index in [2.05, 4.69) is 15.7 Å². The normalized spacial score (nSPS) is 12.1. The fraction of sp³-hybridized carbons (Fsp3) is 0.462. The van der Waals surface area contributed by atoms with Crippen LogP contribution < -0.4 is 10.6 Å². The van der Waals surface area contributed by atoms with E-state index >= 15 is 0 Å². The molecule has 8 heteroatoms. The first-order chi connectivity index (χ1) is 9.71. The lowest BCUT2D eigenvalue weighted by Gasteiger charge is -2.19. The molecule has 0 saturated carbocycles. The number of carbonyl (C=O) groups excluding carboxylic acids is 1. The van der Waals surface area contributed by atoms with E-state index in [0.29, 0.717) is 11.9 Å². The van der Waals surface area contributed by atoms with Crippen molar-refractivity contribution < 1.29 is 19.1 Å². The molecule has 1 rings (SSSR count). The third kappa shape index (κ3) is 6.07. The highest BCUT2D eigenvalue weighted by molar-refractivity contribution is 5.94. The zero-order valence-electron chi connectivity index (χ0n) is 12.2. The van der Waals surface area contributed by atoms with Gasteiger partial charge in [-0.2, -0.15) is 5.10 Å². The van der Waals surface area contributed by atoms with Crippen molar-refractivity contribution >= 4 is 12.0 Å². The quantitative estimate of drug-likeness (QED) is 0.768. The molecule has 116 valence electrons. The molecule has 0 aliphatic carbocycles. The molecule has 0 atom stereocenters. The van der Waals surface area contributed by atoms with Crippen LogP contribution in [0.15, 0.2) is 24.3 Å². The molecule has 0 unspecified atom stereocenters. The molecule has 1 aromatic rings. The average molecular weight is 298 g/mol. The first-order valence-electron chi connectivity index (χ1n) is 6.31. The molecular formula is C13H19FN4O3. The summed E-state index contributed by atoms with van der Waals surface area (Å²) in [5, 5.41) is 17.3. The average Bonchev–Trinajstić information content (AvgIpc) is 2.80. The van der Waals surface area contributed by atoms with Crippen molar-refractivity contribution in [1.82, 2.24) is 20.4 Å². The van der Waals surface area contributed by atoms with Gasteiger partial charge >= 0.3 is 6.09 Å². The van der Waals surface area contributed by atoms with Gasteiger partial charge in [-0.1, -0.05) is 0 Å². The minimum Gasteiger partial charge on any atom is -0.465 e. The first kappa shape index (κ1) is 16.7. The molecule has 0 saturated heterocycles. The molecule has 0 spiro atoms. The number of halogens is 1. The lowest BCUT2D eigenvalue weighted by Crippen LogP contribution is -2.40. The summed E-state index contributed by atoms with van der Waals surface area (Å²) in [6.45, 7) is 5.49. The molecular weight excluding hydrogens is 279 g/mol. The van der Waals surface area contributed by atoms with Gasteiger partial charge in [-0.3, -0.25) is 9.48 Å². The third-order valence-electron chi connectivity index (χ3n) is 2.37. The molecule has 21 heavy (non-hydrogen) atoms. The zero-order chi connectivity index (χ0) is 16.0. The van der Waals surface area contributed by atoms with Crippen LogP contribution in [0.3, 0.4) is 0 Å². The highest BCUT2D eigenvalue weighted by Gasteiger charge is 2.16. The van der Waals surface area contributed by atoms with Crippen molar-refractivity contribution in [3.63, 3.8) is 0 Å². The van der Waals surface area contributed by atoms with Gasteiger partial charge in [0.05, 0.1) is 24.6 Å². The van der Waals surface area contributed by atoms with Crippen LogP contribution in [0, 0.1) is 0 Å². The predicted octanol–water partition coefficient (Wildman–Crippen LogP) is 1.53. The Hall–Kier alpha value is -2.38. The van der Waals surface area contributed by atoms with Gasteiger partial charge in [0, 0.05) is 18.3 Å². The molecule has 0 aromatic carbocycles. The highest BCUT2D eigenvalue weighted by atomic mass is 19.1. The third-order valence-corrected chi connectivity index (χ3v) is 2.37. The summed E-state index contributed by atoms with van der Waals surface area (Å²) in [4.78, 5) is 22.3. The Morgan fingerprint density at radius 3 is 2.67 bits per heavy atom. The Morgan fingerprint density at radius 2 is 2.14 bits per heavy atom. The number of nitrogens with one attached hydrogen (secondary N) is 2. The SMILES string of the molecule is CC(C)(C)NC(=O)c1cnn(C/C(=C/F)CNC(=O)O)c1. The molecule has 1 heterocycles. The van der Waals surface area contributed by atoms with Gasteiger partial charge in [0.2, 0.25) is 0 Å². The second-order valence-electron chi connectivity index (χ2n) is 5.56. The van der Waals surface area contributed by atoms with Gasteiger partial charge in [-0.25, -0.2) is 9.18 Å². The molecule has 7 nitrogen and oxygen atoms in total. The lowest BCUT2D eigenvalue weighted by molar-refractivity contribution is 0.0919. The maximum atomic E-state index is 12.7. The van der Waals surface area contributed by atoms with Crippen molar-refractivity contribution in [2.24, 2.45) is 0 Å². The van der Waals surface area contributed by atoms with Crippen LogP contribution in [0.1, 0.15) is 31.1 Å². The Bertz CT molecular complexity index is 546. The zero-order valence-corrected chi connectivity index (χ0v) is 12.2. The summed E-state index contributed by atoms with van der Waals surface area (Å²) in [7, 11) is 0. The largest absolute Gasteiger partial charge is 0.465 e. The fourth-order valence-corrected chi connectivity index (χ4v) is 1.51. The van der Waals surface area contributed by atoms with Gasteiger partial charge < -0.3 is 15.7 Å². The maximum Gasteiger partial charge on any atom is 0.404 e. The highest BCUT2D eigenvalue weighted by Crippen LogP contribution is 2.06. The van der Waals surface area contributed by atoms with Crippen molar-refractivity contribution in [2.75, 3.05) is 6.54 Å². The van der Waals surface area contributed by atoms with Crippen molar-refractivity contribution in [3.05, 3.63) is 29.9 Å². The Morgan fingerprint density at radius 1 is 1.48 bits per heavy atom. The van der Waals surface area contributed by atoms with E-state index in [1.165, 1.54) is 17.1 Å². The van der Waals surface area contributed by atoms with Crippen molar-refractivity contribution in [3.8, 4) is 0 Å². The van der Waals surface area contributed by atoms with Gasteiger partial charge in [0.1, 0.15) is 0 Å². The molecule has 0 aliphatic heterocycles. The summed E-state index contributed by atoms with van der Waals surface area (Å²) in [5.74, 6) is -0.275. The second-order valence-corrected chi connectivity index (χ2v) is 5.56. The number of carboxylic acid groups (broad SMARTS) is 1. The summed E-state index contributed by atoms with van der Waals surface area (Å²) in [6, 6.07) is 0. The molecule has 0 bridgehead atoms. The number of carbonyl (C=O) groups is 2. The summed E-state index contributed by atoms with van der Waals surface area (Å²) in [6.07, 6.45) is 1.94. The lowest BCUT2D eigenvalue weighted by atomic mass is 10.1. The number of hydrogen-bond acceptors (Lipinski definition) is 3. The van der Waals surface area contributed by atoms with E-state index < -0.39 is 6.09 Å². The van der Waals surface area contributed by atoms with Crippen LogP contribution in [-0.4, -0.2) is 39.0 Å². The monoisotopic (exact) mass is 298 g/mol.